The normalized spacial score (nSPS) is 15.8. The zero-order valence-electron chi connectivity index (χ0n) is 17.0. The minimum absolute atomic E-state index is 0.128. The van der Waals surface area contributed by atoms with Gasteiger partial charge in [0.1, 0.15) is 17.4 Å². The predicted octanol–water partition coefficient (Wildman–Crippen LogP) is 2.35. The molecule has 0 spiro atoms. The number of hydrogen-bond acceptors (Lipinski definition) is 5. The summed E-state index contributed by atoms with van der Waals surface area (Å²) in [6, 6.07) is 12.4. The van der Waals surface area contributed by atoms with E-state index in [0.717, 1.165) is 0 Å². The molecule has 2 aromatic carbocycles. The fourth-order valence-electron chi connectivity index (χ4n) is 3.86. The molecule has 8 nitrogen and oxygen atoms in total. The smallest absolute Gasteiger partial charge is 0.348 e. The Bertz CT molecular complexity index is 1210. The molecule has 0 radical (unpaired) electrons. The number of rotatable bonds is 6. The lowest BCUT2D eigenvalue weighted by Crippen LogP contribution is -2.39. The Kier molecular flexibility index (Phi) is 5.92. The summed E-state index contributed by atoms with van der Waals surface area (Å²) >= 11 is 0. The molecule has 1 N–H and O–H groups in total. The summed E-state index contributed by atoms with van der Waals surface area (Å²) in [4.78, 5) is 12.4. The maximum absolute atomic E-state index is 14.2. The van der Waals surface area contributed by atoms with Crippen LogP contribution in [0.2, 0.25) is 0 Å². The average Bonchev–Trinajstić information content (AvgIpc) is 3.14. The predicted molar refractivity (Wildman–Crippen MR) is 112 cm³/mol. The van der Waals surface area contributed by atoms with Gasteiger partial charge in [-0.1, -0.05) is 12.1 Å². The van der Waals surface area contributed by atoms with E-state index in [1.54, 1.807) is 24.3 Å². The van der Waals surface area contributed by atoms with Gasteiger partial charge in [-0.2, -0.15) is 9.40 Å². The zero-order chi connectivity index (χ0) is 22.0. The first kappa shape index (κ1) is 21.3. The molecule has 4 rings (SSSR count). The van der Waals surface area contributed by atoms with Gasteiger partial charge in [-0.15, -0.1) is 0 Å². The molecule has 0 unspecified atom stereocenters. The lowest BCUT2D eigenvalue weighted by Gasteiger charge is -2.31. The van der Waals surface area contributed by atoms with Crippen LogP contribution >= 0.6 is 0 Å². The molecule has 0 aliphatic carbocycles. The van der Waals surface area contributed by atoms with Crippen molar-refractivity contribution in [1.29, 1.82) is 0 Å². The van der Waals surface area contributed by atoms with Gasteiger partial charge in [0.05, 0.1) is 17.7 Å². The molecule has 164 valence electrons. The minimum atomic E-state index is -3.58. The molecule has 0 saturated carbocycles. The highest BCUT2D eigenvalue weighted by atomic mass is 32.2. The summed E-state index contributed by atoms with van der Waals surface area (Å²) in [5.74, 6) is 0.653. The Hall–Kier alpha value is -2.98. The van der Waals surface area contributed by atoms with Crippen LogP contribution in [0, 0.1) is 11.7 Å². The van der Waals surface area contributed by atoms with Crippen LogP contribution in [-0.4, -0.2) is 47.7 Å². The van der Waals surface area contributed by atoms with E-state index >= 15 is 0 Å². The van der Waals surface area contributed by atoms with Gasteiger partial charge in [0, 0.05) is 19.5 Å². The molecule has 1 saturated heterocycles. The SMILES string of the molecule is COc1ccc(S(=O)(=O)N2CCC(Cc3n[nH]c(=O)n3-c3ccccc3F)CC2)cc1. The number of hydrogen-bond donors (Lipinski definition) is 1. The van der Waals surface area contributed by atoms with E-state index < -0.39 is 21.5 Å². The number of piperidine rings is 1. The van der Waals surface area contributed by atoms with Crippen LogP contribution in [0.15, 0.2) is 58.2 Å². The van der Waals surface area contributed by atoms with Gasteiger partial charge in [0.2, 0.25) is 10.0 Å². The molecule has 10 heteroatoms. The fraction of sp³-hybridized carbons (Fsp3) is 0.333. The zero-order valence-corrected chi connectivity index (χ0v) is 17.8. The number of aromatic amines is 1. The molecule has 1 aromatic heterocycles. The Morgan fingerprint density at radius 1 is 1.13 bits per heavy atom. The van der Waals surface area contributed by atoms with Crippen molar-refractivity contribution in [2.45, 2.75) is 24.2 Å². The van der Waals surface area contributed by atoms with E-state index in [4.69, 9.17) is 4.74 Å². The lowest BCUT2D eigenvalue weighted by molar-refractivity contribution is 0.269. The van der Waals surface area contributed by atoms with Crippen LogP contribution in [0.4, 0.5) is 4.39 Å². The molecular formula is C21H23FN4O4S. The number of nitrogens with one attached hydrogen (secondary N) is 1. The molecule has 0 amide bonds. The number of methoxy groups -OCH3 is 1. The Morgan fingerprint density at radius 3 is 2.45 bits per heavy atom. The number of benzene rings is 2. The van der Waals surface area contributed by atoms with Crippen molar-refractivity contribution in [3.63, 3.8) is 0 Å². The number of aromatic nitrogens is 3. The highest BCUT2D eigenvalue weighted by Gasteiger charge is 2.30. The molecule has 2 heterocycles. The van der Waals surface area contributed by atoms with E-state index in [1.165, 1.54) is 40.2 Å². The molecule has 3 aromatic rings. The first-order valence-electron chi connectivity index (χ1n) is 9.95. The van der Waals surface area contributed by atoms with Gasteiger partial charge in [-0.25, -0.2) is 27.3 Å². The van der Waals surface area contributed by atoms with Crippen LogP contribution in [0.1, 0.15) is 18.7 Å². The Balaban J connectivity index is 1.46. The number of nitrogens with zero attached hydrogens (tertiary/aromatic N) is 3. The number of para-hydroxylation sites is 1. The third kappa shape index (κ3) is 4.26. The first-order chi connectivity index (χ1) is 14.9. The highest BCUT2D eigenvalue weighted by Crippen LogP contribution is 2.27. The molecule has 31 heavy (non-hydrogen) atoms. The third-order valence-corrected chi connectivity index (χ3v) is 7.49. The largest absolute Gasteiger partial charge is 0.497 e. The maximum Gasteiger partial charge on any atom is 0.348 e. The third-order valence-electron chi connectivity index (χ3n) is 5.58. The van der Waals surface area contributed by atoms with E-state index in [9.17, 15) is 17.6 Å². The van der Waals surface area contributed by atoms with Gasteiger partial charge < -0.3 is 4.74 Å². The van der Waals surface area contributed by atoms with Crippen molar-refractivity contribution in [3.05, 3.63) is 70.7 Å². The van der Waals surface area contributed by atoms with Crippen molar-refractivity contribution in [2.24, 2.45) is 5.92 Å². The van der Waals surface area contributed by atoms with Crippen LogP contribution in [0.25, 0.3) is 5.69 Å². The van der Waals surface area contributed by atoms with Gasteiger partial charge in [0.25, 0.3) is 0 Å². The van der Waals surface area contributed by atoms with E-state index in [2.05, 4.69) is 10.2 Å². The van der Waals surface area contributed by atoms with Gasteiger partial charge in [-0.3, -0.25) is 0 Å². The van der Waals surface area contributed by atoms with Crippen LogP contribution in [-0.2, 0) is 16.4 Å². The first-order valence-corrected chi connectivity index (χ1v) is 11.4. The molecule has 1 aliphatic heterocycles. The van der Waals surface area contributed by atoms with Crippen molar-refractivity contribution in [3.8, 4) is 11.4 Å². The molecule has 1 fully saturated rings. The summed E-state index contributed by atoms with van der Waals surface area (Å²) in [6.45, 7) is 0.737. The average molecular weight is 447 g/mol. The Morgan fingerprint density at radius 2 is 1.81 bits per heavy atom. The second-order valence-corrected chi connectivity index (χ2v) is 9.40. The van der Waals surface area contributed by atoms with Crippen molar-refractivity contribution in [1.82, 2.24) is 19.1 Å². The monoisotopic (exact) mass is 446 g/mol. The van der Waals surface area contributed by atoms with Crippen molar-refractivity contribution >= 4 is 10.0 Å². The second-order valence-electron chi connectivity index (χ2n) is 7.46. The fourth-order valence-corrected chi connectivity index (χ4v) is 5.33. The summed E-state index contributed by atoms with van der Waals surface area (Å²) < 4.78 is 47.8. The number of H-pyrrole nitrogens is 1. The van der Waals surface area contributed by atoms with E-state index in [0.29, 0.717) is 43.9 Å². The van der Waals surface area contributed by atoms with Gasteiger partial charge in [0.15, 0.2) is 0 Å². The van der Waals surface area contributed by atoms with Crippen molar-refractivity contribution < 1.29 is 17.5 Å². The summed E-state index contributed by atoms with van der Waals surface area (Å²) in [6.07, 6.45) is 1.69. The second kappa shape index (κ2) is 8.64. The Labute approximate surface area is 179 Å². The maximum atomic E-state index is 14.2. The lowest BCUT2D eigenvalue weighted by atomic mass is 9.94. The molecular weight excluding hydrogens is 423 g/mol. The standard InChI is InChI=1S/C21H23FN4O4S/c1-30-16-6-8-17(9-7-16)31(28,29)25-12-10-15(11-13-25)14-20-23-24-21(27)26(20)19-5-3-2-4-18(19)22/h2-9,15H,10-14H2,1H3,(H,24,27). The van der Waals surface area contributed by atoms with Crippen LogP contribution in [0.5, 0.6) is 5.75 Å². The quantitative estimate of drug-likeness (QED) is 0.627. The molecule has 1 aliphatic rings. The number of sulfonamides is 1. The van der Waals surface area contributed by atoms with E-state index in [1.807, 2.05) is 0 Å². The topological polar surface area (TPSA) is 97.3 Å². The van der Waals surface area contributed by atoms with Crippen LogP contribution in [0.3, 0.4) is 0 Å². The highest BCUT2D eigenvalue weighted by molar-refractivity contribution is 7.89. The molecule has 0 atom stereocenters. The minimum Gasteiger partial charge on any atom is -0.497 e. The van der Waals surface area contributed by atoms with Gasteiger partial charge >= 0.3 is 5.69 Å². The van der Waals surface area contributed by atoms with Crippen LogP contribution < -0.4 is 10.4 Å². The number of halogens is 1. The molecule has 0 bridgehead atoms. The summed E-state index contributed by atoms with van der Waals surface area (Å²) in [5, 5.41) is 6.46. The summed E-state index contributed by atoms with van der Waals surface area (Å²) in [7, 11) is -2.06. The van der Waals surface area contributed by atoms with Crippen molar-refractivity contribution in [2.75, 3.05) is 20.2 Å². The van der Waals surface area contributed by atoms with Gasteiger partial charge in [-0.05, 0) is 55.2 Å². The number of ether oxygens (including phenoxy) is 1. The van der Waals surface area contributed by atoms with E-state index in [-0.39, 0.29) is 16.5 Å². The summed E-state index contributed by atoms with van der Waals surface area (Å²) in [5.41, 5.74) is -0.351.